The summed E-state index contributed by atoms with van der Waals surface area (Å²) in [6, 6.07) is -1.00. The van der Waals surface area contributed by atoms with Crippen LogP contribution in [0.5, 0.6) is 0 Å². The molecule has 1 fully saturated rings. The van der Waals surface area contributed by atoms with Crippen LogP contribution in [-0.4, -0.2) is 84.9 Å². The van der Waals surface area contributed by atoms with Crippen LogP contribution in [0.25, 0.3) is 0 Å². The maximum absolute atomic E-state index is 11.7. The molecule has 1 aliphatic heterocycles. The van der Waals surface area contributed by atoms with Crippen LogP contribution in [0.15, 0.2) is 0 Å². The Hall–Kier alpha value is -2.77. The molecule has 1 rings (SSSR count). The highest BCUT2D eigenvalue weighted by Crippen LogP contribution is 2.30. The van der Waals surface area contributed by atoms with E-state index in [1.54, 1.807) is 0 Å². The SMILES string of the molecule is CC(=O)OCC1O[C@H](OCCCC[C@H](N)C(=O)O)C(OC(C)=O)C(OC(C)=O)[C@H]1OC(C)=O. The highest BCUT2D eigenvalue weighted by Gasteiger charge is 2.52. The molecular weight excluding hydrogens is 446 g/mol. The van der Waals surface area contributed by atoms with Crippen LogP contribution in [-0.2, 0) is 52.4 Å². The van der Waals surface area contributed by atoms with Crippen LogP contribution >= 0.6 is 0 Å². The van der Waals surface area contributed by atoms with Gasteiger partial charge in [0.2, 0.25) is 0 Å². The zero-order chi connectivity index (χ0) is 25.1. The number of rotatable bonds is 12. The van der Waals surface area contributed by atoms with E-state index in [9.17, 15) is 24.0 Å². The summed E-state index contributed by atoms with van der Waals surface area (Å²) in [4.78, 5) is 57.2. The van der Waals surface area contributed by atoms with E-state index in [4.69, 9.17) is 39.3 Å². The number of aliphatic carboxylic acids is 1. The molecule has 0 spiro atoms. The molecule has 33 heavy (non-hydrogen) atoms. The summed E-state index contributed by atoms with van der Waals surface area (Å²) in [5.74, 6) is -3.95. The van der Waals surface area contributed by atoms with Crippen LogP contribution in [0.1, 0.15) is 47.0 Å². The Bertz CT molecular complexity index is 711. The molecule has 0 aromatic carbocycles. The number of carboxylic acids is 1. The second-order valence-corrected chi connectivity index (χ2v) is 7.38. The van der Waals surface area contributed by atoms with Crippen molar-refractivity contribution in [1.82, 2.24) is 0 Å². The van der Waals surface area contributed by atoms with Gasteiger partial charge in [-0.2, -0.15) is 0 Å². The van der Waals surface area contributed by atoms with Gasteiger partial charge in [-0.1, -0.05) is 0 Å². The number of unbranched alkanes of at least 4 members (excludes halogenated alkanes) is 1. The number of carbonyl (C=O) groups excluding carboxylic acids is 4. The highest BCUT2D eigenvalue weighted by atomic mass is 16.7. The fourth-order valence-electron chi connectivity index (χ4n) is 3.11. The van der Waals surface area contributed by atoms with Gasteiger partial charge in [0, 0.05) is 34.3 Å². The van der Waals surface area contributed by atoms with Gasteiger partial charge >= 0.3 is 29.8 Å². The second kappa shape index (κ2) is 13.7. The fraction of sp³-hybridized carbons (Fsp3) is 0.750. The molecule has 0 saturated carbocycles. The van der Waals surface area contributed by atoms with Crippen LogP contribution in [0.2, 0.25) is 0 Å². The molecule has 0 amide bonds. The molecule has 13 nitrogen and oxygen atoms in total. The first-order chi connectivity index (χ1) is 15.4. The fourth-order valence-corrected chi connectivity index (χ4v) is 3.11. The minimum absolute atomic E-state index is 0.0556. The smallest absolute Gasteiger partial charge is 0.320 e. The highest BCUT2D eigenvalue weighted by molar-refractivity contribution is 5.73. The number of carboxylic acid groups (broad SMARTS) is 1. The van der Waals surface area contributed by atoms with E-state index < -0.39 is 66.6 Å². The van der Waals surface area contributed by atoms with Crippen molar-refractivity contribution in [3.05, 3.63) is 0 Å². The van der Waals surface area contributed by atoms with E-state index in [1.165, 1.54) is 6.92 Å². The van der Waals surface area contributed by atoms with Gasteiger partial charge in [-0.25, -0.2) is 0 Å². The normalized spacial score (nSPS) is 25.4. The third-order valence-corrected chi connectivity index (χ3v) is 4.46. The predicted octanol–water partition coefficient (Wildman–Crippen LogP) is -0.332. The molecule has 1 saturated heterocycles. The van der Waals surface area contributed by atoms with E-state index in [1.807, 2.05) is 0 Å². The van der Waals surface area contributed by atoms with Crippen molar-refractivity contribution in [2.45, 2.75) is 83.7 Å². The lowest BCUT2D eigenvalue weighted by atomic mass is 9.98. The minimum Gasteiger partial charge on any atom is -0.480 e. The van der Waals surface area contributed by atoms with Gasteiger partial charge in [-0.05, 0) is 19.3 Å². The average Bonchev–Trinajstić information content (AvgIpc) is 2.68. The molecular formula is C20H31NO12. The zero-order valence-corrected chi connectivity index (χ0v) is 19.0. The molecule has 6 atom stereocenters. The van der Waals surface area contributed by atoms with Crippen LogP contribution in [0.4, 0.5) is 0 Å². The summed E-state index contributed by atoms with van der Waals surface area (Å²) in [7, 11) is 0. The topological polar surface area (TPSA) is 187 Å². The quantitative estimate of drug-likeness (QED) is 0.211. The van der Waals surface area contributed by atoms with E-state index >= 15 is 0 Å². The van der Waals surface area contributed by atoms with Gasteiger partial charge in [-0.15, -0.1) is 0 Å². The first-order valence-corrected chi connectivity index (χ1v) is 10.3. The number of ether oxygens (including phenoxy) is 6. The first-order valence-electron chi connectivity index (χ1n) is 10.3. The molecule has 1 aliphatic rings. The Morgan fingerprint density at radius 2 is 1.39 bits per heavy atom. The Morgan fingerprint density at radius 3 is 1.91 bits per heavy atom. The largest absolute Gasteiger partial charge is 0.480 e. The Kier molecular flexibility index (Phi) is 11.7. The third-order valence-electron chi connectivity index (χ3n) is 4.46. The van der Waals surface area contributed by atoms with Gasteiger partial charge in [0.25, 0.3) is 0 Å². The number of hydrogen-bond donors (Lipinski definition) is 2. The van der Waals surface area contributed by atoms with Crippen molar-refractivity contribution >= 4 is 29.8 Å². The van der Waals surface area contributed by atoms with Crippen LogP contribution in [0, 0.1) is 0 Å². The van der Waals surface area contributed by atoms with Crippen molar-refractivity contribution < 1.29 is 57.5 Å². The van der Waals surface area contributed by atoms with Gasteiger partial charge in [0.15, 0.2) is 24.6 Å². The molecule has 0 bridgehead atoms. The number of hydrogen-bond acceptors (Lipinski definition) is 12. The molecule has 3 N–H and O–H groups in total. The number of esters is 4. The Morgan fingerprint density at radius 1 is 0.848 bits per heavy atom. The molecule has 0 aliphatic carbocycles. The van der Waals surface area contributed by atoms with Gasteiger partial charge in [0.1, 0.15) is 18.8 Å². The van der Waals surface area contributed by atoms with Crippen molar-refractivity contribution in [2.24, 2.45) is 5.73 Å². The summed E-state index contributed by atoms with van der Waals surface area (Å²) in [6.45, 7) is 4.24. The van der Waals surface area contributed by atoms with E-state index in [2.05, 4.69) is 0 Å². The van der Waals surface area contributed by atoms with Gasteiger partial charge in [-0.3, -0.25) is 24.0 Å². The maximum Gasteiger partial charge on any atom is 0.320 e. The van der Waals surface area contributed by atoms with Crippen LogP contribution in [0.3, 0.4) is 0 Å². The van der Waals surface area contributed by atoms with Gasteiger partial charge < -0.3 is 39.3 Å². The van der Waals surface area contributed by atoms with E-state index in [0.717, 1.165) is 20.8 Å². The van der Waals surface area contributed by atoms with E-state index in [-0.39, 0.29) is 19.6 Å². The van der Waals surface area contributed by atoms with Crippen molar-refractivity contribution in [1.29, 1.82) is 0 Å². The van der Waals surface area contributed by atoms with Crippen molar-refractivity contribution in [3.63, 3.8) is 0 Å². The van der Waals surface area contributed by atoms with E-state index in [0.29, 0.717) is 12.8 Å². The lowest BCUT2D eigenvalue weighted by Crippen LogP contribution is -2.63. The summed E-state index contributed by atoms with van der Waals surface area (Å²) < 4.78 is 32.2. The number of carbonyl (C=O) groups is 5. The Balaban J connectivity index is 3.05. The number of nitrogens with two attached hydrogens (primary N) is 1. The standard InChI is InChI=1S/C20H31NO12/c1-10(22)29-9-15-16(30-11(2)23)17(31-12(3)24)18(32-13(4)25)20(33-15)28-8-6-5-7-14(21)19(26)27/h14-18,20H,5-9,21H2,1-4H3,(H,26,27)/t14-,15?,16-,17?,18?,20-/m0/s1. The molecule has 13 heteroatoms. The molecule has 3 unspecified atom stereocenters. The third kappa shape index (κ3) is 10.1. The average molecular weight is 477 g/mol. The molecule has 0 radical (unpaired) electrons. The molecule has 0 aromatic rings. The summed E-state index contributed by atoms with van der Waals surface area (Å²) in [6.07, 6.45) is -5.19. The Labute approximate surface area is 190 Å². The lowest BCUT2D eigenvalue weighted by molar-refractivity contribution is -0.308. The second-order valence-electron chi connectivity index (χ2n) is 7.38. The minimum atomic E-state index is -1.31. The van der Waals surface area contributed by atoms with Gasteiger partial charge in [0.05, 0.1) is 0 Å². The predicted molar refractivity (Wildman–Crippen MR) is 107 cm³/mol. The molecule has 1 heterocycles. The molecule has 0 aromatic heterocycles. The van der Waals surface area contributed by atoms with Crippen molar-refractivity contribution in [3.8, 4) is 0 Å². The first kappa shape index (κ1) is 28.3. The maximum atomic E-state index is 11.7. The summed E-state index contributed by atoms with van der Waals surface area (Å²) in [5, 5.41) is 8.83. The van der Waals surface area contributed by atoms with Crippen molar-refractivity contribution in [2.75, 3.05) is 13.2 Å². The zero-order valence-electron chi connectivity index (χ0n) is 19.0. The monoisotopic (exact) mass is 477 g/mol. The molecule has 188 valence electrons. The summed E-state index contributed by atoms with van der Waals surface area (Å²) >= 11 is 0. The summed E-state index contributed by atoms with van der Waals surface area (Å²) in [5.41, 5.74) is 5.46. The van der Waals surface area contributed by atoms with Crippen LogP contribution < -0.4 is 5.73 Å². The lowest BCUT2D eigenvalue weighted by Gasteiger charge is -2.44.